The number of amides is 3. The molecule has 0 bridgehead atoms. The van der Waals surface area contributed by atoms with Crippen molar-refractivity contribution in [1.82, 2.24) is 10.6 Å². The number of nitrogens with zero attached hydrogens (tertiary/aromatic N) is 1. The summed E-state index contributed by atoms with van der Waals surface area (Å²) >= 11 is 0. The van der Waals surface area contributed by atoms with Gasteiger partial charge in [0.25, 0.3) is 0 Å². The van der Waals surface area contributed by atoms with Crippen LogP contribution in [0.2, 0.25) is 0 Å². The molecular weight excluding hydrogens is 372 g/mol. The predicted molar refractivity (Wildman–Crippen MR) is 96.9 cm³/mol. The van der Waals surface area contributed by atoms with E-state index < -0.39 is 41.1 Å². The minimum absolute atomic E-state index is 0.0428. The Kier molecular flexibility index (Phi) is 5.27. The van der Waals surface area contributed by atoms with Gasteiger partial charge in [-0.2, -0.15) is 0 Å². The SMILES string of the molecule is CC(C)(C)OC(=O)NC1CN(c2cc(F)c(C3CCC(=O)NC3=O)c(F)c2)C1. The van der Waals surface area contributed by atoms with Gasteiger partial charge in [0.15, 0.2) is 0 Å². The molecule has 2 aliphatic rings. The zero-order chi connectivity index (χ0) is 20.6. The van der Waals surface area contributed by atoms with Crippen molar-refractivity contribution in [1.29, 1.82) is 0 Å². The molecule has 28 heavy (non-hydrogen) atoms. The number of halogens is 2. The number of rotatable bonds is 3. The van der Waals surface area contributed by atoms with E-state index in [4.69, 9.17) is 4.74 Å². The first-order valence-electron chi connectivity index (χ1n) is 9.10. The van der Waals surface area contributed by atoms with Gasteiger partial charge in [0.05, 0.1) is 12.0 Å². The van der Waals surface area contributed by atoms with E-state index in [2.05, 4.69) is 10.6 Å². The number of nitrogens with one attached hydrogen (secondary N) is 2. The first-order valence-corrected chi connectivity index (χ1v) is 9.10. The number of carbonyl (C=O) groups excluding carboxylic acids is 3. The Bertz CT molecular complexity index is 793. The van der Waals surface area contributed by atoms with Crippen LogP contribution in [0.3, 0.4) is 0 Å². The number of ether oxygens (including phenoxy) is 1. The zero-order valence-corrected chi connectivity index (χ0v) is 16.0. The molecule has 0 aromatic heterocycles. The van der Waals surface area contributed by atoms with Crippen LogP contribution in [0, 0.1) is 11.6 Å². The molecule has 9 heteroatoms. The third-order valence-electron chi connectivity index (χ3n) is 4.62. The van der Waals surface area contributed by atoms with Crippen molar-refractivity contribution < 1.29 is 27.9 Å². The summed E-state index contributed by atoms with van der Waals surface area (Å²) in [6.45, 7) is 6.05. The largest absolute Gasteiger partial charge is 0.444 e. The van der Waals surface area contributed by atoms with Crippen molar-refractivity contribution in [3.05, 3.63) is 29.3 Å². The minimum Gasteiger partial charge on any atom is -0.444 e. The Balaban J connectivity index is 1.64. The lowest BCUT2D eigenvalue weighted by Crippen LogP contribution is -2.60. The summed E-state index contributed by atoms with van der Waals surface area (Å²) in [6, 6.07) is 2.16. The van der Waals surface area contributed by atoms with Crippen LogP contribution in [0.15, 0.2) is 12.1 Å². The molecule has 1 aromatic rings. The molecule has 152 valence electrons. The number of anilines is 1. The van der Waals surface area contributed by atoms with Gasteiger partial charge >= 0.3 is 6.09 Å². The maximum absolute atomic E-state index is 14.6. The summed E-state index contributed by atoms with van der Waals surface area (Å²) in [5.41, 5.74) is -0.600. The minimum atomic E-state index is -1.02. The number of carbonyl (C=O) groups is 3. The van der Waals surface area contributed by atoms with Crippen LogP contribution < -0.4 is 15.5 Å². The molecule has 2 fully saturated rings. The monoisotopic (exact) mass is 395 g/mol. The fraction of sp³-hybridized carbons (Fsp3) is 0.526. The Morgan fingerprint density at radius 1 is 1.21 bits per heavy atom. The summed E-state index contributed by atoms with van der Waals surface area (Å²) in [7, 11) is 0. The van der Waals surface area contributed by atoms with E-state index in [0.717, 1.165) is 0 Å². The molecule has 1 atom stereocenters. The smallest absolute Gasteiger partial charge is 0.407 e. The molecule has 0 spiro atoms. The van der Waals surface area contributed by atoms with Gasteiger partial charge in [-0.25, -0.2) is 13.6 Å². The highest BCUT2D eigenvalue weighted by atomic mass is 19.1. The Morgan fingerprint density at radius 3 is 2.36 bits per heavy atom. The first kappa shape index (κ1) is 20.0. The Hall–Kier alpha value is -2.71. The van der Waals surface area contributed by atoms with Crippen LogP contribution in [0.1, 0.15) is 45.1 Å². The average Bonchev–Trinajstić information content (AvgIpc) is 2.50. The third kappa shape index (κ3) is 4.40. The van der Waals surface area contributed by atoms with Crippen molar-refractivity contribution in [3.8, 4) is 0 Å². The van der Waals surface area contributed by atoms with E-state index in [1.807, 2.05) is 0 Å². The van der Waals surface area contributed by atoms with Gasteiger partial charge in [-0.1, -0.05) is 0 Å². The summed E-state index contributed by atoms with van der Waals surface area (Å²) in [4.78, 5) is 36.6. The normalized spacial score (nSPS) is 20.5. The van der Waals surface area contributed by atoms with Crippen molar-refractivity contribution in [2.24, 2.45) is 0 Å². The second-order valence-corrected chi connectivity index (χ2v) is 8.07. The van der Waals surface area contributed by atoms with E-state index in [9.17, 15) is 23.2 Å². The first-order chi connectivity index (χ1) is 13.0. The van der Waals surface area contributed by atoms with E-state index in [1.54, 1.807) is 25.7 Å². The highest BCUT2D eigenvalue weighted by molar-refractivity contribution is 6.01. The number of hydrogen-bond donors (Lipinski definition) is 2. The van der Waals surface area contributed by atoms with Gasteiger partial charge < -0.3 is 15.0 Å². The molecule has 0 radical (unpaired) electrons. The standard InChI is InChI=1S/C19H23F2N3O4/c1-19(2,3)28-18(27)22-10-8-24(9-10)11-6-13(20)16(14(21)7-11)12-4-5-15(25)23-17(12)26/h6-7,10,12H,4-5,8-9H2,1-3H3,(H,22,27)(H,23,25,26). The molecule has 0 saturated carbocycles. The van der Waals surface area contributed by atoms with Crippen LogP contribution in [0.4, 0.5) is 19.3 Å². The summed E-state index contributed by atoms with van der Waals surface area (Å²) in [5, 5.41) is 4.81. The lowest BCUT2D eigenvalue weighted by atomic mass is 9.89. The quantitative estimate of drug-likeness (QED) is 0.766. The molecule has 1 aromatic carbocycles. The maximum atomic E-state index is 14.6. The number of alkyl carbamates (subject to hydrolysis) is 1. The number of imide groups is 1. The molecule has 2 aliphatic heterocycles. The molecule has 0 aliphatic carbocycles. The third-order valence-corrected chi connectivity index (χ3v) is 4.62. The fourth-order valence-electron chi connectivity index (χ4n) is 3.31. The molecule has 1 unspecified atom stereocenters. The number of piperidine rings is 1. The Labute approximate surface area is 161 Å². The predicted octanol–water partition coefficient (Wildman–Crippen LogP) is 2.20. The second kappa shape index (κ2) is 7.37. The average molecular weight is 395 g/mol. The molecular formula is C19H23F2N3O4. The van der Waals surface area contributed by atoms with Crippen molar-refractivity contribution in [2.75, 3.05) is 18.0 Å². The van der Waals surface area contributed by atoms with Crippen molar-refractivity contribution >= 4 is 23.6 Å². The van der Waals surface area contributed by atoms with Crippen molar-refractivity contribution in [3.63, 3.8) is 0 Å². The van der Waals surface area contributed by atoms with Gasteiger partial charge in [-0.05, 0) is 39.3 Å². The lowest BCUT2D eigenvalue weighted by molar-refractivity contribution is -0.134. The van der Waals surface area contributed by atoms with Gasteiger partial charge in [0.1, 0.15) is 17.2 Å². The lowest BCUT2D eigenvalue weighted by Gasteiger charge is -2.41. The summed E-state index contributed by atoms with van der Waals surface area (Å²) in [6.07, 6.45) is -0.423. The Morgan fingerprint density at radius 2 is 1.82 bits per heavy atom. The van der Waals surface area contributed by atoms with Gasteiger partial charge in [-0.15, -0.1) is 0 Å². The van der Waals surface area contributed by atoms with E-state index in [-0.39, 0.29) is 24.4 Å². The van der Waals surface area contributed by atoms with Crippen LogP contribution >= 0.6 is 0 Å². The van der Waals surface area contributed by atoms with E-state index in [0.29, 0.717) is 18.8 Å². The van der Waals surface area contributed by atoms with Crippen LogP contribution in [-0.2, 0) is 14.3 Å². The highest BCUT2D eigenvalue weighted by Gasteiger charge is 2.35. The summed E-state index contributed by atoms with van der Waals surface area (Å²) in [5.74, 6) is -3.80. The molecule has 7 nitrogen and oxygen atoms in total. The van der Waals surface area contributed by atoms with Crippen LogP contribution in [0.25, 0.3) is 0 Å². The zero-order valence-electron chi connectivity index (χ0n) is 16.0. The molecule has 2 heterocycles. The fourth-order valence-corrected chi connectivity index (χ4v) is 3.31. The van der Waals surface area contributed by atoms with Crippen LogP contribution in [0.5, 0.6) is 0 Å². The van der Waals surface area contributed by atoms with E-state index >= 15 is 0 Å². The summed E-state index contributed by atoms with van der Waals surface area (Å²) < 4.78 is 34.3. The van der Waals surface area contributed by atoms with E-state index in [1.165, 1.54) is 12.1 Å². The van der Waals surface area contributed by atoms with Gasteiger partial charge in [-0.3, -0.25) is 14.9 Å². The van der Waals surface area contributed by atoms with Gasteiger partial charge in [0, 0.05) is 30.8 Å². The van der Waals surface area contributed by atoms with Crippen LogP contribution in [-0.4, -0.2) is 42.6 Å². The number of hydrogen-bond acceptors (Lipinski definition) is 5. The molecule has 2 saturated heterocycles. The van der Waals surface area contributed by atoms with Gasteiger partial charge in [0.2, 0.25) is 11.8 Å². The van der Waals surface area contributed by atoms with Crippen molar-refractivity contribution in [2.45, 2.75) is 51.2 Å². The molecule has 2 N–H and O–H groups in total. The second-order valence-electron chi connectivity index (χ2n) is 8.07. The number of benzene rings is 1. The molecule has 3 rings (SSSR count). The maximum Gasteiger partial charge on any atom is 0.407 e. The molecule has 3 amide bonds. The topological polar surface area (TPSA) is 87.7 Å². The highest BCUT2D eigenvalue weighted by Crippen LogP contribution is 2.33.